The molecule has 0 heterocycles. The normalized spacial score (nSPS) is 25.0. The summed E-state index contributed by atoms with van der Waals surface area (Å²) in [5.74, 6) is 0. The maximum absolute atomic E-state index is 12.3. The van der Waals surface area contributed by atoms with Gasteiger partial charge in [-0.25, -0.2) is 0 Å². The van der Waals surface area contributed by atoms with Crippen LogP contribution in [0.4, 0.5) is 0 Å². The number of aliphatic hydroxyl groups excluding tert-OH is 4. The zero-order valence-corrected chi connectivity index (χ0v) is 25.1. The van der Waals surface area contributed by atoms with E-state index in [4.69, 9.17) is 14.0 Å². The van der Waals surface area contributed by atoms with E-state index in [1.165, 1.54) is 96.3 Å². The molecule has 8 nitrogen and oxygen atoms in total. The van der Waals surface area contributed by atoms with Gasteiger partial charge in [0.25, 0.3) is 0 Å². The third kappa shape index (κ3) is 16.8. The van der Waals surface area contributed by atoms with Crippen molar-refractivity contribution < 1.29 is 39.0 Å². The largest absolute Gasteiger partial charge is 0.508 e. The summed E-state index contributed by atoms with van der Waals surface area (Å²) in [6.07, 6.45) is 15.1. The smallest absolute Gasteiger partial charge is 0.390 e. The molecule has 1 saturated carbocycles. The highest BCUT2D eigenvalue weighted by Gasteiger charge is 2.47. The predicted octanol–water partition coefficient (Wildman–Crippen LogP) is 5.64. The van der Waals surface area contributed by atoms with Crippen LogP contribution in [0.1, 0.15) is 122 Å². The van der Waals surface area contributed by atoms with Crippen LogP contribution in [0.25, 0.3) is 0 Å². The van der Waals surface area contributed by atoms with E-state index in [1.54, 1.807) is 7.11 Å². The van der Waals surface area contributed by atoms with E-state index >= 15 is 0 Å². The average Bonchev–Trinajstić information content (AvgIpc) is 2.90. The second-order valence-electron chi connectivity index (χ2n) is 11.0. The lowest BCUT2D eigenvalue weighted by Gasteiger charge is -2.35. The number of ether oxygens (including phenoxy) is 2. The summed E-state index contributed by atoms with van der Waals surface area (Å²) < 4.78 is 28.8. The van der Waals surface area contributed by atoms with E-state index in [2.05, 4.69) is 6.92 Å². The van der Waals surface area contributed by atoms with Crippen molar-refractivity contribution >= 4 is 8.03 Å². The number of hydrogen-bond acceptors (Lipinski definition) is 8. The summed E-state index contributed by atoms with van der Waals surface area (Å²) in [6, 6.07) is 0. The molecule has 4 N–H and O–H groups in total. The van der Waals surface area contributed by atoms with Crippen molar-refractivity contribution in [3.8, 4) is 0 Å². The Hall–Kier alpha value is -0.180. The quantitative estimate of drug-likeness (QED) is 0.0827. The molecule has 7 unspecified atom stereocenters. The number of methoxy groups -OCH3 is 1. The van der Waals surface area contributed by atoms with Crippen molar-refractivity contribution in [1.82, 2.24) is 0 Å². The molecule has 0 aromatic carbocycles. The van der Waals surface area contributed by atoms with Gasteiger partial charge in [-0.1, -0.05) is 103 Å². The Bertz CT molecular complexity index is 567. The zero-order valence-electron chi connectivity index (χ0n) is 24.2. The molecule has 0 saturated heterocycles. The maximum atomic E-state index is 12.3. The van der Waals surface area contributed by atoms with Crippen LogP contribution in [-0.4, -0.2) is 83.5 Å². The van der Waals surface area contributed by atoms with E-state index in [0.29, 0.717) is 19.6 Å². The number of hydrogen-bond donors (Lipinski definition) is 4. The van der Waals surface area contributed by atoms with Crippen LogP contribution in [0.3, 0.4) is 0 Å². The maximum Gasteiger partial charge on any atom is 0.508 e. The van der Waals surface area contributed by atoms with Crippen LogP contribution in [0.15, 0.2) is 0 Å². The van der Waals surface area contributed by atoms with Gasteiger partial charge < -0.3 is 29.9 Å². The van der Waals surface area contributed by atoms with Gasteiger partial charge in [-0.15, -0.1) is 4.52 Å². The van der Waals surface area contributed by atoms with Crippen molar-refractivity contribution in [2.24, 2.45) is 0 Å². The third-order valence-electron chi connectivity index (χ3n) is 7.60. The Labute approximate surface area is 232 Å². The highest BCUT2D eigenvalue weighted by atomic mass is 31.1. The Kier molecular flexibility index (Phi) is 22.2. The average molecular weight is 566 g/mol. The second kappa shape index (κ2) is 23.5. The van der Waals surface area contributed by atoms with Gasteiger partial charge >= 0.3 is 8.03 Å². The molecular formula is C29H58O8P+. The SMILES string of the molecule is CCCCCCCCCCCCCCCCCCOCC(CC[P+](=O)OC1C(O)CC(O)C(O)C1O)OC. The molecule has 226 valence electrons. The molecule has 38 heavy (non-hydrogen) atoms. The first kappa shape index (κ1) is 35.8. The fraction of sp³-hybridized carbons (Fsp3) is 1.00. The number of unbranched alkanes of at least 4 members (excludes halogenated alkanes) is 15. The molecule has 0 aromatic rings. The van der Waals surface area contributed by atoms with Crippen molar-refractivity contribution in [2.45, 2.75) is 159 Å². The standard InChI is InChI=1S/C29H58O8P/c1-3-4-5-6-7-8-9-10-11-12-13-14-15-16-17-18-20-36-23-24(35-2)19-21-38(34)37-29-26(31)22-25(30)27(32)28(29)33/h24-33H,3-23H2,1-2H3/q+1. The molecule has 1 fully saturated rings. The van der Waals surface area contributed by atoms with Gasteiger partial charge in [-0.2, -0.15) is 0 Å². The zero-order chi connectivity index (χ0) is 28.0. The first-order chi connectivity index (χ1) is 18.4. The topological polar surface area (TPSA) is 126 Å². The number of aliphatic hydroxyl groups is 4. The van der Waals surface area contributed by atoms with E-state index in [-0.39, 0.29) is 18.7 Å². The molecule has 0 radical (unpaired) electrons. The molecule has 1 rings (SSSR count). The molecular weight excluding hydrogens is 507 g/mol. The van der Waals surface area contributed by atoms with Crippen LogP contribution in [0.2, 0.25) is 0 Å². The number of rotatable bonds is 25. The highest BCUT2D eigenvalue weighted by molar-refractivity contribution is 7.39. The van der Waals surface area contributed by atoms with Gasteiger partial charge in [-0.3, -0.25) is 0 Å². The van der Waals surface area contributed by atoms with Gasteiger partial charge in [0.05, 0.1) is 24.9 Å². The van der Waals surface area contributed by atoms with Crippen molar-refractivity contribution in [3.63, 3.8) is 0 Å². The monoisotopic (exact) mass is 565 g/mol. The van der Waals surface area contributed by atoms with E-state index in [0.717, 1.165) is 6.42 Å². The van der Waals surface area contributed by atoms with Crippen molar-refractivity contribution in [1.29, 1.82) is 0 Å². The molecule has 1 aliphatic rings. The van der Waals surface area contributed by atoms with E-state index in [9.17, 15) is 25.0 Å². The van der Waals surface area contributed by atoms with Gasteiger partial charge in [0.15, 0.2) is 12.3 Å². The molecule has 0 amide bonds. The predicted molar refractivity (Wildman–Crippen MR) is 152 cm³/mol. The fourth-order valence-electron chi connectivity index (χ4n) is 4.98. The summed E-state index contributed by atoms with van der Waals surface area (Å²) in [5.41, 5.74) is 0. The molecule has 7 atom stereocenters. The summed E-state index contributed by atoms with van der Waals surface area (Å²) in [5, 5.41) is 39.4. The first-order valence-corrected chi connectivity index (χ1v) is 16.7. The van der Waals surface area contributed by atoms with Gasteiger partial charge in [-0.05, 0) is 11.0 Å². The van der Waals surface area contributed by atoms with Crippen molar-refractivity contribution in [2.75, 3.05) is 26.5 Å². The third-order valence-corrected chi connectivity index (χ3v) is 8.70. The Balaban J connectivity index is 1.94. The Morgan fingerprint density at radius 2 is 1.24 bits per heavy atom. The summed E-state index contributed by atoms with van der Waals surface area (Å²) in [6.45, 7) is 3.37. The Morgan fingerprint density at radius 3 is 1.74 bits per heavy atom. The first-order valence-electron chi connectivity index (χ1n) is 15.3. The molecule has 0 aromatic heterocycles. The minimum Gasteiger partial charge on any atom is -0.390 e. The summed E-state index contributed by atoms with van der Waals surface area (Å²) in [7, 11) is -0.581. The van der Waals surface area contributed by atoms with Crippen LogP contribution < -0.4 is 0 Å². The van der Waals surface area contributed by atoms with E-state index < -0.39 is 38.5 Å². The molecule has 0 aliphatic heterocycles. The Morgan fingerprint density at radius 1 is 0.737 bits per heavy atom. The summed E-state index contributed by atoms with van der Waals surface area (Å²) >= 11 is 0. The van der Waals surface area contributed by atoms with Crippen LogP contribution in [-0.2, 0) is 18.6 Å². The lowest BCUT2D eigenvalue weighted by atomic mass is 9.87. The van der Waals surface area contributed by atoms with Gasteiger partial charge in [0, 0.05) is 26.6 Å². The van der Waals surface area contributed by atoms with E-state index in [1.807, 2.05) is 0 Å². The second-order valence-corrected chi connectivity index (χ2v) is 12.3. The lowest BCUT2D eigenvalue weighted by molar-refractivity contribution is -0.167. The van der Waals surface area contributed by atoms with Gasteiger partial charge in [0.2, 0.25) is 0 Å². The minimum absolute atomic E-state index is 0.139. The highest BCUT2D eigenvalue weighted by Crippen LogP contribution is 2.33. The minimum atomic E-state index is -2.17. The lowest BCUT2D eigenvalue weighted by Crippen LogP contribution is -2.56. The van der Waals surface area contributed by atoms with Crippen LogP contribution in [0.5, 0.6) is 0 Å². The van der Waals surface area contributed by atoms with Crippen LogP contribution in [0, 0.1) is 0 Å². The molecule has 0 bridgehead atoms. The summed E-state index contributed by atoms with van der Waals surface area (Å²) in [4.78, 5) is 0. The van der Waals surface area contributed by atoms with Gasteiger partial charge in [0.1, 0.15) is 12.2 Å². The van der Waals surface area contributed by atoms with Crippen LogP contribution >= 0.6 is 8.03 Å². The van der Waals surface area contributed by atoms with Crippen molar-refractivity contribution in [3.05, 3.63) is 0 Å². The molecule has 9 heteroatoms. The molecule has 0 spiro atoms. The molecule has 1 aliphatic carbocycles. The fourth-order valence-corrected chi connectivity index (χ4v) is 6.12.